The van der Waals surface area contributed by atoms with Gasteiger partial charge in [0.15, 0.2) is 0 Å². The topological polar surface area (TPSA) is 108 Å². The SMILES string of the molecule is CCOCC(=O)N(C[C@@H]1CC[C@H]2C[C@@H]1C2(C)C)[C@@H]1CC(C(=O)NCCO)=C[C@H](Oc2ccccc2I)[C@H]1O. The highest BCUT2D eigenvalue weighted by atomic mass is 127. The van der Waals surface area contributed by atoms with Crippen molar-refractivity contribution >= 4 is 34.4 Å². The highest BCUT2D eigenvalue weighted by molar-refractivity contribution is 14.1. The number of para-hydroxylation sites is 1. The van der Waals surface area contributed by atoms with Gasteiger partial charge in [-0.15, -0.1) is 0 Å². The summed E-state index contributed by atoms with van der Waals surface area (Å²) in [6.07, 6.45) is 3.40. The maximum absolute atomic E-state index is 13.6. The number of halogens is 1. The van der Waals surface area contributed by atoms with E-state index in [1.807, 2.05) is 31.2 Å². The fourth-order valence-corrected chi connectivity index (χ4v) is 7.11. The second-order valence-electron chi connectivity index (χ2n) is 11.3. The van der Waals surface area contributed by atoms with Gasteiger partial charge in [-0.3, -0.25) is 9.59 Å². The van der Waals surface area contributed by atoms with Crippen molar-refractivity contribution in [1.82, 2.24) is 10.2 Å². The van der Waals surface area contributed by atoms with E-state index < -0.39 is 18.2 Å². The van der Waals surface area contributed by atoms with Crippen LogP contribution >= 0.6 is 22.6 Å². The Morgan fingerprint density at radius 1 is 1.24 bits per heavy atom. The largest absolute Gasteiger partial charge is 0.482 e. The van der Waals surface area contributed by atoms with Gasteiger partial charge < -0.3 is 29.9 Å². The zero-order chi connectivity index (χ0) is 27.4. The van der Waals surface area contributed by atoms with E-state index in [4.69, 9.17) is 9.47 Å². The van der Waals surface area contributed by atoms with E-state index in [2.05, 4.69) is 41.8 Å². The standard InChI is InChI=1S/C29H41IN2O6/c1-4-37-17-26(34)32(16-18-9-10-20-15-21(18)29(20,2)3)23-13-19(28(36)31-11-12-33)14-25(27(23)35)38-24-8-6-5-7-22(24)30/h5-8,14,18,20-21,23,25,27,33,35H,4,9-13,15-17H2,1-3H3,(H,31,36)/t18-,20-,21-,23+,25-,27-/m0/s1. The summed E-state index contributed by atoms with van der Waals surface area (Å²) in [6.45, 7) is 7.33. The Morgan fingerprint density at radius 3 is 2.66 bits per heavy atom. The molecule has 3 fully saturated rings. The van der Waals surface area contributed by atoms with Crippen LogP contribution < -0.4 is 10.1 Å². The molecule has 4 aliphatic carbocycles. The van der Waals surface area contributed by atoms with E-state index >= 15 is 0 Å². The highest BCUT2D eigenvalue weighted by Gasteiger charge is 2.55. The minimum atomic E-state index is -1.03. The Bertz CT molecular complexity index is 1030. The van der Waals surface area contributed by atoms with Crippen LogP contribution in [0.1, 0.15) is 46.5 Å². The van der Waals surface area contributed by atoms with Gasteiger partial charge in [-0.1, -0.05) is 26.0 Å². The Kier molecular flexibility index (Phi) is 9.76. The molecule has 2 amide bonds. The molecule has 9 heteroatoms. The molecule has 0 unspecified atom stereocenters. The van der Waals surface area contributed by atoms with Crippen LogP contribution in [0.15, 0.2) is 35.9 Å². The first-order chi connectivity index (χ1) is 18.2. The third-order valence-electron chi connectivity index (χ3n) is 8.90. The Labute approximate surface area is 239 Å². The fourth-order valence-electron chi connectivity index (χ4n) is 6.59. The van der Waals surface area contributed by atoms with Crippen LogP contribution in [0.4, 0.5) is 0 Å². The zero-order valence-electron chi connectivity index (χ0n) is 22.6. The number of fused-ring (bicyclic) bond motifs is 2. The van der Waals surface area contributed by atoms with Crippen molar-refractivity contribution < 1.29 is 29.3 Å². The zero-order valence-corrected chi connectivity index (χ0v) is 24.7. The van der Waals surface area contributed by atoms with Crippen LogP contribution in [0, 0.1) is 26.7 Å². The molecule has 2 bridgehead atoms. The highest BCUT2D eigenvalue weighted by Crippen LogP contribution is 2.61. The number of ether oxygens (including phenoxy) is 2. The molecule has 0 aromatic heterocycles. The molecular weight excluding hydrogens is 599 g/mol. The molecule has 0 aliphatic heterocycles. The van der Waals surface area contributed by atoms with Crippen LogP contribution in [0.25, 0.3) is 0 Å². The molecule has 0 saturated heterocycles. The third kappa shape index (κ3) is 6.21. The number of nitrogens with one attached hydrogen (secondary N) is 1. The van der Waals surface area contributed by atoms with Gasteiger partial charge in [0, 0.05) is 31.7 Å². The summed E-state index contributed by atoms with van der Waals surface area (Å²) in [7, 11) is 0. The Morgan fingerprint density at radius 2 is 2.00 bits per heavy atom. The van der Waals surface area contributed by atoms with Crippen LogP contribution in [0.3, 0.4) is 0 Å². The van der Waals surface area contributed by atoms with E-state index in [1.54, 1.807) is 11.0 Å². The second kappa shape index (κ2) is 12.7. The molecule has 1 aromatic rings. The van der Waals surface area contributed by atoms with Crippen molar-refractivity contribution in [3.63, 3.8) is 0 Å². The molecule has 0 radical (unpaired) electrons. The monoisotopic (exact) mass is 640 g/mol. The van der Waals surface area contributed by atoms with E-state index in [0.29, 0.717) is 36.3 Å². The average molecular weight is 641 g/mol. The molecule has 210 valence electrons. The first-order valence-electron chi connectivity index (χ1n) is 13.7. The van der Waals surface area contributed by atoms with Gasteiger partial charge in [0.2, 0.25) is 11.8 Å². The van der Waals surface area contributed by atoms with Crippen LogP contribution in [-0.4, -0.2) is 78.1 Å². The minimum Gasteiger partial charge on any atom is -0.482 e. The van der Waals surface area contributed by atoms with Gasteiger partial charge in [0.05, 0.1) is 16.2 Å². The Hall–Kier alpha value is -1.69. The molecule has 4 aliphatic rings. The molecule has 0 spiro atoms. The number of hydrogen-bond donors (Lipinski definition) is 3. The summed E-state index contributed by atoms with van der Waals surface area (Å²) in [5, 5.41) is 23.6. The maximum Gasteiger partial charge on any atom is 0.248 e. The first kappa shape index (κ1) is 29.3. The van der Waals surface area contributed by atoms with E-state index in [-0.39, 0.29) is 43.4 Å². The lowest BCUT2D eigenvalue weighted by atomic mass is 9.45. The average Bonchev–Trinajstić information content (AvgIpc) is 2.91. The lowest BCUT2D eigenvalue weighted by Gasteiger charge is -2.61. The molecule has 5 rings (SSSR count). The molecule has 38 heavy (non-hydrogen) atoms. The smallest absolute Gasteiger partial charge is 0.248 e. The number of benzene rings is 1. The predicted molar refractivity (Wildman–Crippen MR) is 152 cm³/mol. The van der Waals surface area contributed by atoms with Gasteiger partial charge in [0.1, 0.15) is 24.6 Å². The second-order valence-corrected chi connectivity index (χ2v) is 12.5. The van der Waals surface area contributed by atoms with Crippen molar-refractivity contribution in [2.75, 3.05) is 32.9 Å². The van der Waals surface area contributed by atoms with Crippen LogP contribution in [-0.2, 0) is 14.3 Å². The van der Waals surface area contributed by atoms with E-state index in [1.165, 1.54) is 6.42 Å². The van der Waals surface area contributed by atoms with Crippen molar-refractivity contribution in [3.8, 4) is 5.75 Å². The molecule has 3 N–H and O–H groups in total. The normalized spacial score (nSPS) is 29.6. The van der Waals surface area contributed by atoms with E-state index in [0.717, 1.165) is 22.3 Å². The minimum absolute atomic E-state index is 0.0685. The molecule has 3 saturated carbocycles. The predicted octanol–water partition coefficient (Wildman–Crippen LogP) is 3.14. The molecule has 6 atom stereocenters. The number of hydrogen-bond acceptors (Lipinski definition) is 6. The molecule has 0 heterocycles. The van der Waals surface area contributed by atoms with E-state index in [9.17, 15) is 19.8 Å². The van der Waals surface area contributed by atoms with Crippen LogP contribution in [0.2, 0.25) is 0 Å². The molecule has 8 nitrogen and oxygen atoms in total. The number of aliphatic hydroxyl groups excluding tert-OH is 2. The van der Waals surface area contributed by atoms with Crippen LogP contribution in [0.5, 0.6) is 5.75 Å². The first-order valence-corrected chi connectivity index (χ1v) is 14.8. The summed E-state index contributed by atoms with van der Waals surface area (Å²) < 4.78 is 12.6. The summed E-state index contributed by atoms with van der Waals surface area (Å²) in [5.74, 6) is 1.70. The quantitative estimate of drug-likeness (QED) is 0.321. The van der Waals surface area contributed by atoms with Gasteiger partial charge in [-0.2, -0.15) is 0 Å². The van der Waals surface area contributed by atoms with Gasteiger partial charge >= 0.3 is 0 Å². The maximum atomic E-state index is 13.6. The number of amides is 2. The lowest BCUT2D eigenvalue weighted by molar-refractivity contribution is -0.152. The summed E-state index contributed by atoms with van der Waals surface area (Å²) >= 11 is 2.18. The number of carbonyl (C=O) groups is 2. The fraction of sp³-hybridized carbons (Fsp3) is 0.655. The van der Waals surface area contributed by atoms with Crippen molar-refractivity contribution in [1.29, 1.82) is 0 Å². The van der Waals surface area contributed by atoms with Gasteiger partial charge in [0.25, 0.3) is 0 Å². The van der Waals surface area contributed by atoms with Crippen molar-refractivity contribution in [2.45, 2.75) is 64.7 Å². The van der Waals surface area contributed by atoms with Gasteiger partial charge in [-0.25, -0.2) is 0 Å². The van der Waals surface area contributed by atoms with Crippen molar-refractivity contribution in [3.05, 3.63) is 39.5 Å². The number of carbonyl (C=O) groups excluding carboxylic acids is 2. The Balaban J connectivity index is 1.63. The summed E-state index contributed by atoms with van der Waals surface area (Å²) in [6, 6.07) is 6.86. The number of rotatable bonds is 11. The van der Waals surface area contributed by atoms with Gasteiger partial charge in [-0.05, 0) is 90.2 Å². The molecular formula is C29H41IN2O6. The third-order valence-corrected chi connectivity index (χ3v) is 9.79. The summed E-state index contributed by atoms with van der Waals surface area (Å²) in [4.78, 5) is 28.3. The lowest BCUT2D eigenvalue weighted by Crippen LogP contribution is -2.60. The summed E-state index contributed by atoms with van der Waals surface area (Å²) in [5.41, 5.74) is 0.694. The molecule has 1 aromatic carbocycles. The van der Waals surface area contributed by atoms with Crippen molar-refractivity contribution in [2.24, 2.45) is 23.2 Å². The number of nitrogens with zero attached hydrogens (tertiary/aromatic N) is 1. The number of aliphatic hydroxyl groups is 2.